The molecular formula is C12H17N3O5S. The second-order valence-corrected chi connectivity index (χ2v) is 7.11. The molecule has 1 saturated heterocycles. The predicted molar refractivity (Wildman–Crippen MR) is 76.1 cm³/mol. The Labute approximate surface area is 122 Å². The van der Waals surface area contributed by atoms with Crippen LogP contribution in [0.3, 0.4) is 0 Å². The van der Waals surface area contributed by atoms with Crippen LogP contribution in [0.25, 0.3) is 0 Å². The first-order valence-electron chi connectivity index (χ1n) is 6.45. The lowest BCUT2D eigenvalue weighted by Crippen LogP contribution is -2.45. The number of aliphatic hydroxyl groups excluding tert-OH is 1. The third kappa shape index (κ3) is 2.99. The molecule has 2 rings (SSSR count). The van der Waals surface area contributed by atoms with Crippen LogP contribution in [0, 0.1) is 16.0 Å². The van der Waals surface area contributed by atoms with Crippen molar-refractivity contribution in [1.29, 1.82) is 0 Å². The van der Waals surface area contributed by atoms with Gasteiger partial charge in [-0.2, -0.15) is 4.31 Å². The van der Waals surface area contributed by atoms with E-state index in [-0.39, 0.29) is 28.7 Å². The van der Waals surface area contributed by atoms with E-state index in [1.165, 1.54) is 4.31 Å². The number of rotatable bonds is 3. The van der Waals surface area contributed by atoms with Crippen molar-refractivity contribution in [3.05, 3.63) is 28.3 Å². The zero-order valence-electron chi connectivity index (χ0n) is 11.5. The highest BCUT2D eigenvalue weighted by Crippen LogP contribution is 2.28. The summed E-state index contributed by atoms with van der Waals surface area (Å²) in [6.07, 6.45) is -0.160. The fourth-order valence-corrected chi connectivity index (χ4v) is 3.76. The van der Waals surface area contributed by atoms with Crippen molar-refractivity contribution in [2.45, 2.75) is 24.3 Å². The summed E-state index contributed by atoms with van der Waals surface area (Å²) < 4.78 is 26.1. The lowest BCUT2D eigenvalue weighted by molar-refractivity contribution is -0.383. The first kappa shape index (κ1) is 15.7. The van der Waals surface area contributed by atoms with E-state index >= 15 is 0 Å². The summed E-state index contributed by atoms with van der Waals surface area (Å²) in [5, 5.41) is 20.5. The van der Waals surface area contributed by atoms with Gasteiger partial charge in [-0.05, 0) is 24.5 Å². The molecule has 0 aliphatic carbocycles. The summed E-state index contributed by atoms with van der Waals surface area (Å²) in [6.45, 7) is 2.18. The summed E-state index contributed by atoms with van der Waals surface area (Å²) in [7, 11) is -3.81. The van der Waals surface area contributed by atoms with Crippen LogP contribution in [-0.2, 0) is 10.0 Å². The molecule has 8 nitrogen and oxygen atoms in total. The van der Waals surface area contributed by atoms with Gasteiger partial charge in [-0.1, -0.05) is 6.92 Å². The van der Waals surface area contributed by atoms with Crippen molar-refractivity contribution in [1.82, 2.24) is 4.31 Å². The Hall–Kier alpha value is -1.71. The Morgan fingerprint density at radius 1 is 1.48 bits per heavy atom. The Balaban J connectivity index is 2.32. The summed E-state index contributed by atoms with van der Waals surface area (Å²) in [4.78, 5) is 9.92. The number of hydrogen-bond donors (Lipinski definition) is 2. The minimum Gasteiger partial charge on any atom is -0.393 e. The number of nitro groups is 1. The SMILES string of the molecule is CC1CCN(S(=O)(=O)c2ccc([N+](=O)[O-])c(N)c2)CC1O. The first-order valence-corrected chi connectivity index (χ1v) is 7.89. The Morgan fingerprint density at radius 2 is 2.14 bits per heavy atom. The second-order valence-electron chi connectivity index (χ2n) is 5.17. The second kappa shape index (κ2) is 5.58. The molecule has 0 saturated carbocycles. The lowest BCUT2D eigenvalue weighted by atomic mass is 9.98. The molecule has 2 unspecified atom stereocenters. The molecular weight excluding hydrogens is 298 g/mol. The van der Waals surface area contributed by atoms with Gasteiger partial charge in [-0.3, -0.25) is 10.1 Å². The maximum Gasteiger partial charge on any atom is 0.292 e. The minimum atomic E-state index is -3.81. The molecule has 0 amide bonds. The fourth-order valence-electron chi connectivity index (χ4n) is 2.25. The zero-order chi connectivity index (χ0) is 15.8. The van der Waals surface area contributed by atoms with Crippen LogP contribution in [0.5, 0.6) is 0 Å². The quantitative estimate of drug-likeness (QED) is 0.477. The number of piperidine rings is 1. The molecule has 1 heterocycles. The molecule has 1 aliphatic rings. The molecule has 2 atom stereocenters. The van der Waals surface area contributed by atoms with E-state index in [9.17, 15) is 23.6 Å². The highest BCUT2D eigenvalue weighted by molar-refractivity contribution is 7.89. The molecule has 116 valence electrons. The van der Waals surface area contributed by atoms with Crippen molar-refractivity contribution < 1.29 is 18.4 Å². The predicted octanol–water partition coefficient (Wildman–Crippen LogP) is 0.568. The van der Waals surface area contributed by atoms with Gasteiger partial charge < -0.3 is 10.8 Å². The number of β-amino-alcohol motifs (C(OH)–C–C–N with tert-alkyl or cyclic N) is 1. The average Bonchev–Trinajstić information content (AvgIpc) is 2.41. The third-order valence-electron chi connectivity index (χ3n) is 3.71. The third-order valence-corrected chi connectivity index (χ3v) is 5.58. The van der Waals surface area contributed by atoms with Gasteiger partial charge in [-0.15, -0.1) is 0 Å². The number of nitrogens with two attached hydrogens (primary N) is 1. The van der Waals surface area contributed by atoms with Gasteiger partial charge >= 0.3 is 0 Å². The molecule has 21 heavy (non-hydrogen) atoms. The zero-order valence-corrected chi connectivity index (χ0v) is 12.3. The smallest absolute Gasteiger partial charge is 0.292 e. The molecule has 0 radical (unpaired) electrons. The molecule has 1 aliphatic heterocycles. The van der Waals surface area contributed by atoms with Crippen LogP contribution < -0.4 is 5.73 Å². The Bertz CT molecular complexity index is 661. The van der Waals surface area contributed by atoms with E-state index in [4.69, 9.17) is 5.73 Å². The molecule has 1 aromatic carbocycles. The van der Waals surface area contributed by atoms with Crippen molar-refractivity contribution >= 4 is 21.4 Å². The van der Waals surface area contributed by atoms with Crippen molar-refractivity contribution in [2.75, 3.05) is 18.8 Å². The summed E-state index contributed by atoms with van der Waals surface area (Å²) >= 11 is 0. The summed E-state index contributed by atoms with van der Waals surface area (Å²) in [5.74, 6) is 0.0402. The summed E-state index contributed by atoms with van der Waals surface area (Å²) in [5.41, 5.74) is 4.99. The number of hydrogen-bond acceptors (Lipinski definition) is 6. The number of benzene rings is 1. The maximum absolute atomic E-state index is 12.5. The topological polar surface area (TPSA) is 127 Å². The number of nitro benzene ring substituents is 1. The van der Waals surface area contributed by atoms with Crippen LogP contribution in [0.2, 0.25) is 0 Å². The van der Waals surface area contributed by atoms with Crippen LogP contribution in [-0.4, -0.2) is 41.9 Å². The van der Waals surface area contributed by atoms with Crippen molar-refractivity contribution in [3.8, 4) is 0 Å². The van der Waals surface area contributed by atoms with E-state index in [2.05, 4.69) is 0 Å². The van der Waals surface area contributed by atoms with E-state index in [0.717, 1.165) is 18.2 Å². The first-order chi connectivity index (χ1) is 9.73. The van der Waals surface area contributed by atoms with Crippen molar-refractivity contribution in [3.63, 3.8) is 0 Å². The number of sulfonamides is 1. The standard InChI is InChI=1S/C12H17N3O5S/c1-8-4-5-14(7-12(8)16)21(19,20)9-2-3-11(15(17)18)10(13)6-9/h2-3,6,8,12,16H,4-5,7,13H2,1H3. The molecule has 0 spiro atoms. The Morgan fingerprint density at radius 3 is 2.67 bits per heavy atom. The highest BCUT2D eigenvalue weighted by atomic mass is 32.2. The molecule has 0 aromatic heterocycles. The monoisotopic (exact) mass is 315 g/mol. The van der Waals surface area contributed by atoms with Crippen LogP contribution in [0.1, 0.15) is 13.3 Å². The normalized spacial score (nSPS) is 23.9. The minimum absolute atomic E-state index is 0.0143. The van der Waals surface area contributed by atoms with Gasteiger partial charge in [0.15, 0.2) is 0 Å². The molecule has 3 N–H and O–H groups in total. The van der Waals surface area contributed by atoms with Gasteiger partial charge in [0.2, 0.25) is 10.0 Å². The number of nitrogens with zero attached hydrogens (tertiary/aromatic N) is 2. The summed E-state index contributed by atoms with van der Waals surface area (Å²) in [6, 6.07) is 3.32. The van der Waals surface area contributed by atoms with Gasteiger partial charge in [0.1, 0.15) is 5.69 Å². The van der Waals surface area contributed by atoms with Crippen LogP contribution in [0.4, 0.5) is 11.4 Å². The largest absolute Gasteiger partial charge is 0.393 e. The van der Waals surface area contributed by atoms with Gasteiger partial charge in [0.05, 0.1) is 15.9 Å². The fraction of sp³-hybridized carbons (Fsp3) is 0.500. The molecule has 0 bridgehead atoms. The molecule has 1 fully saturated rings. The van der Waals surface area contributed by atoms with E-state index in [1.54, 1.807) is 0 Å². The van der Waals surface area contributed by atoms with Gasteiger partial charge in [-0.25, -0.2) is 8.42 Å². The number of anilines is 1. The number of nitrogen functional groups attached to an aromatic ring is 1. The maximum atomic E-state index is 12.5. The lowest BCUT2D eigenvalue weighted by Gasteiger charge is -2.33. The Kier molecular flexibility index (Phi) is 4.17. The van der Waals surface area contributed by atoms with Crippen LogP contribution >= 0.6 is 0 Å². The van der Waals surface area contributed by atoms with Gasteiger partial charge in [0.25, 0.3) is 5.69 Å². The molecule has 9 heteroatoms. The van der Waals surface area contributed by atoms with Crippen LogP contribution in [0.15, 0.2) is 23.1 Å². The average molecular weight is 315 g/mol. The number of aliphatic hydroxyl groups is 1. The van der Waals surface area contributed by atoms with Crippen molar-refractivity contribution in [2.24, 2.45) is 5.92 Å². The highest BCUT2D eigenvalue weighted by Gasteiger charge is 2.33. The molecule has 1 aromatic rings. The van der Waals surface area contributed by atoms with E-state index < -0.39 is 21.1 Å². The van der Waals surface area contributed by atoms with Gasteiger partial charge in [0, 0.05) is 19.2 Å². The van der Waals surface area contributed by atoms with E-state index in [0.29, 0.717) is 13.0 Å². The van der Waals surface area contributed by atoms with E-state index in [1.807, 2.05) is 6.92 Å².